The number of nitrogens with zero attached hydrogens (tertiary/aromatic N) is 2. The topological polar surface area (TPSA) is 53.3 Å². The molecule has 0 aromatic carbocycles. The summed E-state index contributed by atoms with van der Waals surface area (Å²) in [5.41, 5.74) is -0.502. The summed E-state index contributed by atoms with van der Waals surface area (Å²) >= 11 is 0. The predicted molar refractivity (Wildman–Crippen MR) is 79.1 cm³/mol. The molecule has 0 aromatic rings. The Labute approximate surface area is 122 Å². The van der Waals surface area contributed by atoms with E-state index in [0.717, 1.165) is 19.3 Å². The Hall–Kier alpha value is -1.50. The fourth-order valence-electron chi connectivity index (χ4n) is 2.26. The zero-order valence-electron chi connectivity index (χ0n) is 13.1. The van der Waals surface area contributed by atoms with Crippen LogP contribution >= 0.6 is 0 Å². The van der Waals surface area contributed by atoms with Gasteiger partial charge >= 0.3 is 6.09 Å². The van der Waals surface area contributed by atoms with E-state index in [2.05, 4.69) is 18.2 Å². The summed E-state index contributed by atoms with van der Waals surface area (Å²) in [5, 5.41) is 8.96. The van der Waals surface area contributed by atoms with Crippen molar-refractivity contribution in [3.63, 3.8) is 0 Å². The van der Waals surface area contributed by atoms with Crippen LogP contribution in [0, 0.1) is 23.2 Å². The summed E-state index contributed by atoms with van der Waals surface area (Å²) in [6.45, 7) is 8.52. The van der Waals surface area contributed by atoms with Gasteiger partial charge in [-0.05, 0) is 52.9 Å². The van der Waals surface area contributed by atoms with E-state index in [4.69, 9.17) is 10.00 Å². The molecule has 0 radical (unpaired) electrons. The number of nitriles is 1. The average Bonchev–Trinajstić information content (AvgIpc) is 2.37. The summed E-state index contributed by atoms with van der Waals surface area (Å²) in [5.74, 6) is 0.292. The van der Waals surface area contributed by atoms with Gasteiger partial charge < -0.3 is 9.64 Å². The molecule has 2 atom stereocenters. The van der Waals surface area contributed by atoms with Crippen molar-refractivity contribution in [3.8, 4) is 6.07 Å². The fourth-order valence-corrected chi connectivity index (χ4v) is 2.26. The zero-order valence-corrected chi connectivity index (χ0v) is 13.1. The van der Waals surface area contributed by atoms with Crippen LogP contribution < -0.4 is 0 Å². The number of carbonyl (C=O) groups excluding carboxylic acids is 1. The zero-order chi connectivity index (χ0) is 15.2. The van der Waals surface area contributed by atoms with Crippen molar-refractivity contribution in [2.75, 3.05) is 13.1 Å². The lowest BCUT2D eigenvalue weighted by Crippen LogP contribution is -2.41. The summed E-state index contributed by atoms with van der Waals surface area (Å²) in [6, 6.07) is 2.19. The van der Waals surface area contributed by atoms with Gasteiger partial charge in [0.1, 0.15) is 5.60 Å². The predicted octanol–water partition coefficient (Wildman–Crippen LogP) is 3.74. The van der Waals surface area contributed by atoms with Gasteiger partial charge in [-0.3, -0.25) is 0 Å². The third-order valence-corrected chi connectivity index (χ3v) is 3.22. The van der Waals surface area contributed by atoms with Crippen LogP contribution in [0.2, 0.25) is 0 Å². The molecule has 0 aromatic heterocycles. The molecule has 0 saturated carbocycles. The lowest BCUT2D eigenvalue weighted by atomic mass is 9.94. The maximum absolute atomic E-state index is 12.3. The lowest BCUT2D eigenvalue weighted by molar-refractivity contribution is 0.0202. The molecule has 112 valence electrons. The van der Waals surface area contributed by atoms with E-state index in [1.54, 1.807) is 4.90 Å². The largest absolute Gasteiger partial charge is 0.444 e. The van der Waals surface area contributed by atoms with Crippen molar-refractivity contribution in [3.05, 3.63) is 12.2 Å². The van der Waals surface area contributed by atoms with E-state index >= 15 is 0 Å². The van der Waals surface area contributed by atoms with E-state index in [0.29, 0.717) is 19.0 Å². The number of ether oxygens (including phenoxy) is 1. The second kappa shape index (κ2) is 7.33. The molecule has 20 heavy (non-hydrogen) atoms. The molecule has 0 fully saturated rings. The van der Waals surface area contributed by atoms with Gasteiger partial charge in [0.05, 0.1) is 12.0 Å². The highest BCUT2D eigenvalue weighted by Crippen LogP contribution is 2.21. The first-order valence-electron chi connectivity index (χ1n) is 7.34. The fraction of sp³-hybridized carbons (Fsp3) is 0.750. The van der Waals surface area contributed by atoms with Crippen molar-refractivity contribution < 1.29 is 9.53 Å². The molecule has 1 aliphatic carbocycles. The van der Waals surface area contributed by atoms with Crippen molar-refractivity contribution >= 4 is 6.09 Å². The van der Waals surface area contributed by atoms with Crippen LogP contribution in [0.4, 0.5) is 4.79 Å². The average molecular weight is 278 g/mol. The first-order valence-corrected chi connectivity index (χ1v) is 7.34. The van der Waals surface area contributed by atoms with Gasteiger partial charge in [-0.25, -0.2) is 4.79 Å². The molecular formula is C16H26N2O2. The molecule has 2 unspecified atom stereocenters. The Morgan fingerprint density at radius 3 is 2.70 bits per heavy atom. The highest BCUT2D eigenvalue weighted by molar-refractivity contribution is 5.68. The monoisotopic (exact) mass is 278 g/mol. The summed E-state index contributed by atoms with van der Waals surface area (Å²) in [7, 11) is 0. The van der Waals surface area contributed by atoms with Gasteiger partial charge in [0.2, 0.25) is 0 Å². The van der Waals surface area contributed by atoms with Crippen LogP contribution in [0.5, 0.6) is 0 Å². The van der Waals surface area contributed by atoms with E-state index < -0.39 is 5.60 Å². The quantitative estimate of drug-likeness (QED) is 0.736. The Balaban J connectivity index is 2.66. The summed E-state index contributed by atoms with van der Waals surface area (Å²) < 4.78 is 5.45. The third kappa shape index (κ3) is 6.10. The lowest BCUT2D eigenvalue weighted by Gasteiger charge is -2.31. The van der Waals surface area contributed by atoms with Gasteiger partial charge in [-0.1, -0.05) is 12.2 Å². The SMILES string of the molecule is CC(C#N)CN(CC1CC=CCC1)C(=O)OC(C)(C)C. The van der Waals surface area contributed by atoms with Crippen molar-refractivity contribution in [1.29, 1.82) is 5.26 Å². The minimum atomic E-state index is -0.502. The maximum atomic E-state index is 12.3. The first-order chi connectivity index (χ1) is 9.31. The Kier molecular flexibility index (Phi) is 6.06. The molecule has 4 heteroatoms. The molecule has 1 amide bonds. The van der Waals surface area contributed by atoms with Crippen molar-refractivity contribution in [2.24, 2.45) is 11.8 Å². The minimum Gasteiger partial charge on any atom is -0.444 e. The van der Waals surface area contributed by atoms with Crippen LogP contribution in [-0.2, 0) is 4.74 Å². The van der Waals surface area contributed by atoms with Crippen LogP contribution in [0.1, 0.15) is 47.0 Å². The molecule has 0 aliphatic heterocycles. The molecule has 0 bridgehead atoms. The van der Waals surface area contributed by atoms with Gasteiger partial charge in [-0.2, -0.15) is 5.26 Å². The van der Waals surface area contributed by atoms with Crippen LogP contribution in [-0.4, -0.2) is 29.7 Å². The minimum absolute atomic E-state index is 0.179. The van der Waals surface area contributed by atoms with Crippen molar-refractivity contribution in [2.45, 2.75) is 52.6 Å². The van der Waals surface area contributed by atoms with E-state index in [9.17, 15) is 4.79 Å². The van der Waals surface area contributed by atoms with E-state index in [1.807, 2.05) is 27.7 Å². The van der Waals surface area contributed by atoms with Gasteiger partial charge in [0, 0.05) is 13.1 Å². The first kappa shape index (κ1) is 16.6. The van der Waals surface area contributed by atoms with Crippen LogP contribution in [0.25, 0.3) is 0 Å². The molecule has 4 nitrogen and oxygen atoms in total. The molecule has 1 rings (SSSR count). The second-order valence-corrected chi connectivity index (χ2v) is 6.57. The highest BCUT2D eigenvalue weighted by Gasteiger charge is 2.25. The van der Waals surface area contributed by atoms with E-state index in [-0.39, 0.29) is 12.0 Å². The molecular weight excluding hydrogens is 252 g/mol. The van der Waals surface area contributed by atoms with E-state index in [1.165, 1.54) is 0 Å². The van der Waals surface area contributed by atoms with Crippen LogP contribution in [0.15, 0.2) is 12.2 Å². The molecule has 0 N–H and O–H groups in total. The summed E-state index contributed by atoms with van der Waals surface area (Å²) in [6.07, 6.45) is 7.22. The molecule has 1 aliphatic rings. The Morgan fingerprint density at radius 2 is 2.20 bits per heavy atom. The third-order valence-electron chi connectivity index (χ3n) is 3.22. The molecule has 0 saturated heterocycles. The maximum Gasteiger partial charge on any atom is 0.410 e. The van der Waals surface area contributed by atoms with Gasteiger partial charge in [0.25, 0.3) is 0 Å². The molecule has 0 spiro atoms. The number of hydrogen-bond donors (Lipinski definition) is 0. The number of allylic oxidation sites excluding steroid dienone is 2. The van der Waals surface area contributed by atoms with Gasteiger partial charge in [0.15, 0.2) is 0 Å². The Bertz CT molecular complexity index is 390. The number of rotatable bonds is 4. The van der Waals surface area contributed by atoms with Crippen molar-refractivity contribution in [1.82, 2.24) is 4.90 Å². The molecule has 0 heterocycles. The normalized spacial score (nSPS) is 20.1. The number of amides is 1. The Morgan fingerprint density at radius 1 is 1.50 bits per heavy atom. The second-order valence-electron chi connectivity index (χ2n) is 6.57. The van der Waals surface area contributed by atoms with Gasteiger partial charge in [-0.15, -0.1) is 0 Å². The number of carbonyl (C=O) groups is 1. The standard InChI is InChI=1S/C16H26N2O2/c1-13(10-17)11-18(15(19)20-16(2,3)4)12-14-8-6-5-7-9-14/h5-6,13-14H,7-9,11-12H2,1-4H3. The van der Waals surface area contributed by atoms with Crippen LogP contribution in [0.3, 0.4) is 0 Å². The highest BCUT2D eigenvalue weighted by atomic mass is 16.6. The number of hydrogen-bond acceptors (Lipinski definition) is 3. The summed E-state index contributed by atoms with van der Waals surface area (Å²) in [4.78, 5) is 14.0. The smallest absolute Gasteiger partial charge is 0.410 e.